The van der Waals surface area contributed by atoms with Crippen LogP contribution < -0.4 is 16.5 Å². The Morgan fingerprint density at radius 1 is 1.14 bits per heavy atom. The first-order chi connectivity index (χ1) is 16.8. The fourth-order valence-electron chi connectivity index (χ4n) is 4.86. The zero-order valence-electron chi connectivity index (χ0n) is 19.9. The van der Waals surface area contributed by atoms with E-state index in [9.17, 15) is 14.0 Å². The van der Waals surface area contributed by atoms with Gasteiger partial charge in [0, 0.05) is 39.4 Å². The largest absolute Gasteiger partial charge is 0.422 e. The molecular formula is C28H26FIN2O3. The molecule has 5 nitrogen and oxygen atoms in total. The van der Waals surface area contributed by atoms with Crippen LogP contribution in [0.5, 0.6) is 0 Å². The third-order valence-electron chi connectivity index (χ3n) is 6.76. The molecular weight excluding hydrogens is 558 g/mol. The summed E-state index contributed by atoms with van der Waals surface area (Å²) in [4.78, 5) is 26.9. The number of benzene rings is 2. The fourth-order valence-corrected chi connectivity index (χ4v) is 5.31. The molecule has 0 spiro atoms. The summed E-state index contributed by atoms with van der Waals surface area (Å²) in [7, 11) is 1.89. The first-order valence-corrected chi connectivity index (χ1v) is 12.8. The SMILES string of the molecule is CNCc1cccc(-c2c(C)n(C3CC3)c(=O)c3c(Cc4ccc(I)cc4F)c(C)c(=O)oc23)c1. The molecule has 4 aromatic rings. The van der Waals surface area contributed by atoms with Crippen molar-refractivity contribution < 1.29 is 8.81 Å². The predicted octanol–water partition coefficient (Wildman–Crippen LogP) is 5.63. The minimum absolute atomic E-state index is 0.126. The molecule has 0 amide bonds. The van der Waals surface area contributed by atoms with E-state index in [4.69, 9.17) is 4.42 Å². The Kier molecular flexibility index (Phi) is 6.40. The van der Waals surface area contributed by atoms with Crippen LogP contribution in [0.15, 0.2) is 56.5 Å². The van der Waals surface area contributed by atoms with Crippen molar-refractivity contribution >= 4 is 33.6 Å². The number of fused-ring (bicyclic) bond motifs is 1. The van der Waals surface area contributed by atoms with Gasteiger partial charge >= 0.3 is 5.63 Å². The lowest BCUT2D eigenvalue weighted by Gasteiger charge is -2.19. The smallest absolute Gasteiger partial charge is 0.339 e. The van der Waals surface area contributed by atoms with Gasteiger partial charge in [-0.15, -0.1) is 0 Å². The number of rotatable bonds is 6. The quantitative estimate of drug-likeness (QED) is 0.299. The first kappa shape index (κ1) is 23.9. The molecule has 2 aromatic carbocycles. The van der Waals surface area contributed by atoms with Gasteiger partial charge in [-0.25, -0.2) is 9.18 Å². The van der Waals surface area contributed by atoms with Crippen molar-refractivity contribution in [1.82, 2.24) is 9.88 Å². The highest BCUT2D eigenvalue weighted by Gasteiger charge is 2.31. The molecule has 0 atom stereocenters. The Hall–Kier alpha value is -2.78. The highest BCUT2D eigenvalue weighted by atomic mass is 127. The molecule has 1 aliphatic carbocycles. The van der Waals surface area contributed by atoms with Gasteiger partial charge in [0.15, 0.2) is 5.58 Å². The number of nitrogens with zero attached hydrogens (tertiary/aromatic N) is 1. The van der Waals surface area contributed by atoms with Crippen molar-refractivity contribution in [1.29, 1.82) is 0 Å². The zero-order chi connectivity index (χ0) is 24.9. The Labute approximate surface area is 216 Å². The number of nitrogens with one attached hydrogen (secondary N) is 1. The standard InChI is InChI=1S/C28H26FIN2O3/c1-15-22(12-18-7-8-20(30)13-23(18)29)25-26(35-28(15)34)24(16(2)32(27(25)33)21-9-10-21)19-6-4-5-17(11-19)14-31-3/h4-8,11,13,21,31H,9-10,12,14H2,1-3H3. The molecule has 1 aliphatic rings. The summed E-state index contributed by atoms with van der Waals surface area (Å²) >= 11 is 2.06. The van der Waals surface area contributed by atoms with Gasteiger partial charge in [-0.2, -0.15) is 0 Å². The third-order valence-corrected chi connectivity index (χ3v) is 7.43. The normalized spacial score (nSPS) is 13.5. The number of hydrogen-bond donors (Lipinski definition) is 1. The van der Waals surface area contributed by atoms with Crippen molar-refractivity contribution in [2.45, 2.75) is 45.7 Å². The average molecular weight is 584 g/mol. The molecule has 0 saturated heterocycles. The van der Waals surface area contributed by atoms with Crippen molar-refractivity contribution in [2.75, 3.05) is 7.05 Å². The first-order valence-electron chi connectivity index (χ1n) is 11.7. The summed E-state index contributed by atoms with van der Waals surface area (Å²) in [5.74, 6) is -0.354. The molecule has 1 fully saturated rings. The van der Waals surface area contributed by atoms with E-state index in [-0.39, 0.29) is 29.4 Å². The van der Waals surface area contributed by atoms with Crippen LogP contribution in [0.4, 0.5) is 4.39 Å². The van der Waals surface area contributed by atoms with Crippen LogP contribution >= 0.6 is 22.6 Å². The minimum atomic E-state index is -0.506. The van der Waals surface area contributed by atoms with Crippen LogP contribution in [0, 0.1) is 23.2 Å². The molecule has 35 heavy (non-hydrogen) atoms. The molecule has 0 radical (unpaired) electrons. The second-order valence-corrected chi connectivity index (χ2v) is 10.5. The maximum atomic E-state index is 14.8. The molecule has 0 unspecified atom stereocenters. The summed E-state index contributed by atoms with van der Waals surface area (Å²) in [6.45, 7) is 4.25. The van der Waals surface area contributed by atoms with Gasteiger partial charge < -0.3 is 14.3 Å². The maximum absolute atomic E-state index is 14.8. The molecule has 2 aromatic heterocycles. The summed E-state index contributed by atoms with van der Waals surface area (Å²) in [5, 5.41) is 3.53. The molecule has 1 N–H and O–H groups in total. The van der Waals surface area contributed by atoms with Crippen LogP contribution in [-0.4, -0.2) is 11.6 Å². The fraction of sp³-hybridized carbons (Fsp3) is 0.286. The van der Waals surface area contributed by atoms with Crippen LogP contribution in [0.3, 0.4) is 0 Å². The Bertz CT molecular complexity index is 1580. The van der Waals surface area contributed by atoms with Crippen molar-refractivity contribution in [3.8, 4) is 11.1 Å². The topological polar surface area (TPSA) is 64.2 Å². The lowest BCUT2D eigenvalue weighted by molar-refractivity contribution is 0.549. The monoisotopic (exact) mass is 584 g/mol. The summed E-state index contributed by atoms with van der Waals surface area (Å²) < 4.78 is 23.3. The number of aromatic nitrogens is 1. The number of halogens is 2. The van der Waals surface area contributed by atoms with Crippen LogP contribution in [0.1, 0.15) is 46.8 Å². The van der Waals surface area contributed by atoms with Gasteiger partial charge in [-0.3, -0.25) is 4.79 Å². The summed E-state index contributed by atoms with van der Waals surface area (Å²) in [6.07, 6.45) is 2.00. The highest BCUT2D eigenvalue weighted by molar-refractivity contribution is 14.1. The summed E-state index contributed by atoms with van der Waals surface area (Å²) in [5.41, 5.74) is 4.40. The lowest BCUT2D eigenvalue weighted by atomic mass is 9.94. The second kappa shape index (κ2) is 9.35. The van der Waals surface area contributed by atoms with Gasteiger partial charge in [-0.1, -0.05) is 24.3 Å². The van der Waals surface area contributed by atoms with Gasteiger partial charge in [0.2, 0.25) is 0 Å². The highest BCUT2D eigenvalue weighted by Crippen LogP contribution is 2.40. The zero-order valence-corrected chi connectivity index (χ0v) is 22.0. The van der Waals surface area contributed by atoms with E-state index in [0.29, 0.717) is 28.6 Å². The van der Waals surface area contributed by atoms with E-state index < -0.39 is 5.63 Å². The van der Waals surface area contributed by atoms with Crippen molar-refractivity contribution in [3.63, 3.8) is 0 Å². The maximum Gasteiger partial charge on any atom is 0.339 e. The van der Waals surface area contributed by atoms with Gasteiger partial charge in [0.05, 0.1) is 5.39 Å². The van der Waals surface area contributed by atoms with E-state index in [1.54, 1.807) is 13.0 Å². The summed E-state index contributed by atoms with van der Waals surface area (Å²) in [6, 6.07) is 13.2. The third kappa shape index (κ3) is 4.36. The Morgan fingerprint density at radius 2 is 1.91 bits per heavy atom. The van der Waals surface area contributed by atoms with Crippen molar-refractivity contribution in [2.24, 2.45) is 0 Å². The van der Waals surface area contributed by atoms with E-state index >= 15 is 0 Å². The molecule has 0 bridgehead atoms. The average Bonchev–Trinajstić information content (AvgIpc) is 3.64. The van der Waals surface area contributed by atoms with Gasteiger partial charge in [-0.05, 0) is 96.8 Å². The van der Waals surface area contributed by atoms with Crippen LogP contribution in [0.25, 0.3) is 22.1 Å². The van der Waals surface area contributed by atoms with Gasteiger partial charge in [0.1, 0.15) is 5.82 Å². The minimum Gasteiger partial charge on any atom is -0.422 e. The molecule has 180 valence electrons. The lowest BCUT2D eigenvalue weighted by Crippen LogP contribution is -2.25. The van der Waals surface area contributed by atoms with Crippen LogP contribution in [-0.2, 0) is 13.0 Å². The number of pyridine rings is 1. The van der Waals surface area contributed by atoms with Crippen LogP contribution in [0.2, 0.25) is 0 Å². The van der Waals surface area contributed by atoms with E-state index in [2.05, 4.69) is 34.0 Å². The number of hydrogen-bond acceptors (Lipinski definition) is 4. The Balaban J connectivity index is 1.86. The van der Waals surface area contributed by atoms with E-state index in [1.165, 1.54) is 6.07 Å². The molecule has 0 aliphatic heterocycles. The van der Waals surface area contributed by atoms with Gasteiger partial charge in [0.25, 0.3) is 5.56 Å². The Morgan fingerprint density at radius 3 is 2.60 bits per heavy atom. The van der Waals surface area contributed by atoms with E-state index in [1.807, 2.05) is 42.8 Å². The molecule has 2 heterocycles. The molecule has 7 heteroatoms. The second-order valence-electron chi connectivity index (χ2n) is 9.21. The van der Waals surface area contributed by atoms with E-state index in [0.717, 1.165) is 38.8 Å². The molecule has 5 rings (SSSR count). The van der Waals surface area contributed by atoms with Crippen molar-refractivity contribution in [3.05, 3.63) is 101 Å². The predicted molar refractivity (Wildman–Crippen MR) is 145 cm³/mol. The molecule has 1 saturated carbocycles.